The van der Waals surface area contributed by atoms with Crippen LogP contribution in [-0.2, 0) is 16.1 Å². The molecule has 20 heavy (non-hydrogen) atoms. The number of rotatable bonds is 4. The van der Waals surface area contributed by atoms with Crippen molar-refractivity contribution < 1.29 is 19.4 Å². The standard InChI is InChI=1S/C14H18N2O4/c17-13(18)12-7-6-11(8-15-12)16-14(19)20-9-10-4-2-1-3-5-10/h1-5,11-12,15H,6-9H2,(H,16,19)(H,17,18)/t11-,12+/m1/s1. The first-order valence-corrected chi connectivity index (χ1v) is 6.58. The summed E-state index contributed by atoms with van der Waals surface area (Å²) in [7, 11) is 0. The van der Waals surface area contributed by atoms with Gasteiger partial charge in [0.1, 0.15) is 12.6 Å². The van der Waals surface area contributed by atoms with Crippen LogP contribution < -0.4 is 10.6 Å². The average Bonchev–Trinajstić information content (AvgIpc) is 2.47. The molecule has 0 bridgehead atoms. The number of aliphatic carboxylic acids is 1. The molecule has 1 amide bonds. The van der Waals surface area contributed by atoms with E-state index < -0.39 is 18.1 Å². The van der Waals surface area contributed by atoms with Crippen LogP contribution in [-0.4, -0.2) is 35.8 Å². The Labute approximate surface area is 117 Å². The molecule has 1 aromatic rings. The number of benzene rings is 1. The van der Waals surface area contributed by atoms with Crippen LogP contribution in [0.5, 0.6) is 0 Å². The summed E-state index contributed by atoms with van der Waals surface area (Å²) in [6.45, 7) is 0.669. The van der Waals surface area contributed by atoms with Gasteiger partial charge in [0.05, 0.1) is 0 Å². The molecule has 0 spiro atoms. The van der Waals surface area contributed by atoms with Crippen LogP contribution in [0, 0.1) is 0 Å². The summed E-state index contributed by atoms with van der Waals surface area (Å²) in [5.74, 6) is -0.852. The molecule has 0 aliphatic carbocycles. The van der Waals surface area contributed by atoms with Crippen molar-refractivity contribution in [2.45, 2.75) is 31.5 Å². The summed E-state index contributed by atoms with van der Waals surface area (Å²) >= 11 is 0. The maximum atomic E-state index is 11.6. The Morgan fingerprint density at radius 2 is 2.05 bits per heavy atom. The lowest BCUT2D eigenvalue weighted by molar-refractivity contribution is -0.140. The van der Waals surface area contributed by atoms with Crippen molar-refractivity contribution in [1.82, 2.24) is 10.6 Å². The lowest BCUT2D eigenvalue weighted by Crippen LogP contribution is -2.52. The first-order valence-electron chi connectivity index (χ1n) is 6.58. The predicted octanol–water partition coefficient (Wildman–Crippen LogP) is 1.12. The summed E-state index contributed by atoms with van der Waals surface area (Å²) < 4.78 is 5.11. The molecule has 0 unspecified atom stereocenters. The number of carboxylic acid groups (broad SMARTS) is 1. The third kappa shape index (κ3) is 4.24. The molecule has 1 aromatic carbocycles. The largest absolute Gasteiger partial charge is 0.480 e. The molecular formula is C14H18N2O4. The van der Waals surface area contributed by atoms with E-state index in [1.165, 1.54) is 0 Å². The third-order valence-corrected chi connectivity index (χ3v) is 3.25. The van der Waals surface area contributed by atoms with Crippen molar-refractivity contribution in [3.63, 3.8) is 0 Å². The van der Waals surface area contributed by atoms with E-state index in [9.17, 15) is 9.59 Å². The highest BCUT2D eigenvalue weighted by Crippen LogP contribution is 2.09. The Balaban J connectivity index is 1.69. The second-order valence-electron chi connectivity index (χ2n) is 4.78. The summed E-state index contributed by atoms with van der Waals surface area (Å²) in [6.07, 6.45) is 0.651. The van der Waals surface area contributed by atoms with Crippen LogP contribution in [0.1, 0.15) is 18.4 Å². The maximum absolute atomic E-state index is 11.6. The van der Waals surface area contributed by atoms with Crippen LogP contribution in [0.4, 0.5) is 4.79 Å². The first kappa shape index (κ1) is 14.3. The van der Waals surface area contributed by atoms with E-state index in [-0.39, 0.29) is 12.6 Å². The van der Waals surface area contributed by atoms with E-state index in [0.717, 1.165) is 5.56 Å². The maximum Gasteiger partial charge on any atom is 0.407 e. The Morgan fingerprint density at radius 1 is 1.30 bits per heavy atom. The van der Waals surface area contributed by atoms with Gasteiger partial charge in [0.2, 0.25) is 0 Å². The van der Waals surface area contributed by atoms with E-state index in [1.807, 2.05) is 30.3 Å². The molecule has 0 saturated carbocycles. The fourth-order valence-electron chi connectivity index (χ4n) is 2.12. The Kier molecular flexibility index (Phi) is 4.95. The zero-order valence-electron chi connectivity index (χ0n) is 11.0. The zero-order chi connectivity index (χ0) is 14.4. The number of alkyl carbamates (subject to hydrolysis) is 1. The van der Waals surface area contributed by atoms with E-state index in [1.54, 1.807) is 0 Å². The molecule has 1 saturated heterocycles. The Bertz CT molecular complexity index is 456. The molecule has 6 nitrogen and oxygen atoms in total. The van der Waals surface area contributed by atoms with E-state index >= 15 is 0 Å². The van der Waals surface area contributed by atoms with Gasteiger partial charge in [0.25, 0.3) is 0 Å². The molecule has 108 valence electrons. The number of carbonyl (C=O) groups excluding carboxylic acids is 1. The predicted molar refractivity (Wildman–Crippen MR) is 72.2 cm³/mol. The number of nitrogens with one attached hydrogen (secondary N) is 2. The zero-order valence-corrected chi connectivity index (χ0v) is 11.0. The lowest BCUT2D eigenvalue weighted by Gasteiger charge is -2.27. The molecule has 1 aliphatic heterocycles. The molecule has 1 aliphatic rings. The molecule has 1 heterocycles. The number of piperidine rings is 1. The van der Waals surface area contributed by atoms with Gasteiger partial charge in [0, 0.05) is 12.6 Å². The molecule has 2 rings (SSSR count). The van der Waals surface area contributed by atoms with Crippen LogP contribution in [0.25, 0.3) is 0 Å². The van der Waals surface area contributed by atoms with E-state index in [4.69, 9.17) is 9.84 Å². The van der Waals surface area contributed by atoms with Crippen LogP contribution in [0.2, 0.25) is 0 Å². The molecule has 3 N–H and O–H groups in total. The van der Waals surface area contributed by atoms with Crippen molar-refractivity contribution >= 4 is 12.1 Å². The summed E-state index contributed by atoms with van der Waals surface area (Å²) in [6, 6.07) is 8.82. The fourth-order valence-corrected chi connectivity index (χ4v) is 2.12. The smallest absolute Gasteiger partial charge is 0.407 e. The summed E-state index contributed by atoms with van der Waals surface area (Å²) in [5.41, 5.74) is 0.926. The van der Waals surface area contributed by atoms with Gasteiger partial charge in [-0.25, -0.2) is 4.79 Å². The van der Waals surface area contributed by atoms with Gasteiger partial charge in [-0.15, -0.1) is 0 Å². The normalized spacial score (nSPS) is 22.0. The van der Waals surface area contributed by atoms with Crippen LogP contribution in [0.3, 0.4) is 0 Å². The minimum Gasteiger partial charge on any atom is -0.480 e. The fraction of sp³-hybridized carbons (Fsp3) is 0.429. The monoisotopic (exact) mass is 278 g/mol. The second kappa shape index (κ2) is 6.91. The molecule has 0 aromatic heterocycles. The average molecular weight is 278 g/mol. The highest BCUT2D eigenvalue weighted by molar-refractivity contribution is 5.73. The number of carbonyl (C=O) groups is 2. The van der Waals surface area contributed by atoms with Crippen molar-refractivity contribution in [3.05, 3.63) is 35.9 Å². The van der Waals surface area contributed by atoms with Gasteiger partial charge >= 0.3 is 12.1 Å². The summed E-state index contributed by atoms with van der Waals surface area (Å²) in [5, 5.41) is 14.5. The molecular weight excluding hydrogens is 260 g/mol. The second-order valence-corrected chi connectivity index (χ2v) is 4.78. The van der Waals surface area contributed by atoms with Crippen LogP contribution in [0.15, 0.2) is 30.3 Å². The number of ether oxygens (including phenoxy) is 1. The molecule has 6 heteroatoms. The van der Waals surface area contributed by atoms with Crippen LogP contribution >= 0.6 is 0 Å². The molecule has 1 fully saturated rings. The number of carboxylic acids is 1. The molecule has 0 radical (unpaired) electrons. The Hall–Kier alpha value is -2.08. The van der Waals surface area contributed by atoms with E-state index in [2.05, 4.69) is 10.6 Å². The van der Waals surface area contributed by atoms with Gasteiger partial charge in [-0.05, 0) is 18.4 Å². The van der Waals surface area contributed by atoms with Gasteiger partial charge in [-0.3, -0.25) is 4.79 Å². The highest BCUT2D eigenvalue weighted by Gasteiger charge is 2.26. The minimum atomic E-state index is -0.852. The van der Waals surface area contributed by atoms with Crippen molar-refractivity contribution in [3.8, 4) is 0 Å². The molecule has 2 atom stereocenters. The topological polar surface area (TPSA) is 87.7 Å². The number of hydrogen-bond donors (Lipinski definition) is 3. The van der Waals surface area contributed by atoms with Gasteiger partial charge < -0.3 is 20.5 Å². The first-order chi connectivity index (χ1) is 9.65. The van der Waals surface area contributed by atoms with Crippen molar-refractivity contribution in [2.24, 2.45) is 0 Å². The highest BCUT2D eigenvalue weighted by atomic mass is 16.5. The van der Waals surface area contributed by atoms with Crippen molar-refractivity contribution in [2.75, 3.05) is 6.54 Å². The van der Waals surface area contributed by atoms with Gasteiger partial charge in [-0.1, -0.05) is 30.3 Å². The SMILES string of the molecule is O=C(N[C@@H]1CC[C@@H](C(=O)O)NC1)OCc1ccccc1. The minimum absolute atomic E-state index is 0.0890. The van der Waals surface area contributed by atoms with Gasteiger partial charge in [-0.2, -0.15) is 0 Å². The number of amides is 1. The van der Waals surface area contributed by atoms with E-state index in [0.29, 0.717) is 19.4 Å². The lowest BCUT2D eigenvalue weighted by atomic mass is 10.0. The van der Waals surface area contributed by atoms with Crippen molar-refractivity contribution in [1.29, 1.82) is 0 Å². The Morgan fingerprint density at radius 3 is 2.65 bits per heavy atom. The number of hydrogen-bond acceptors (Lipinski definition) is 4. The quantitative estimate of drug-likeness (QED) is 0.768. The third-order valence-electron chi connectivity index (χ3n) is 3.25. The van der Waals surface area contributed by atoms with Gasteiger partial charge in [0.15, 0.2) is 0 Å². The summed E-state index contributed by atoms with van der Waals surface area (Å²) in [4.78, 5) is 22.4.